The van der Waals surface area contributed by atoms with Gasteiger partial charge in [0.2, 0.25) is 5.91 Å². The van der Waals surface area contributed by atoms with Crippen molar-refractivity contribution in [2.75, 3.05) is 27.2 Å². The normalized spacial score (nSPS) is 19.9. The zero-order chi connectivity index (χ0) is 13.1. The van der Waals surface area contributed by atoms with Crippen LogP contribution in [0.25, 0.3) is 0 Å². The lowest BCUT2D eigenvalue weighted by Gasteiger charge is -2.18. The maximum absolute atomic E-state index is 11.9. The highest BCUT2D eigenvalue weighted by atomic mass is 16.2. The number of rotatable bonds is 4. The monoisotopic (exact) mass is 246 g/mol. The fourth-order valence-electron chi connectivity index (χ4n) is 2.56. The predicted octanol–water partition coefficient (Wildman–Crippen LogP) is 1.91. The van der Waals surface area contributed by atoms with Crippen LogP contribution in [0.1, 0.15) is 17.5 Å². The van der Waals surface area contributed by atoms with E-state index < -0.39 is 0 Å². The molecule has 1 unspecified atom stereocenters. The summed E-state index contributed by atoms with van der Waals surface area (Å²) in [5, 5.41) is 0. The van der Waals surface area contributed by atoms with E-state index in [1.165, 1.54) is 11.1 Å². The number of amides is 1. The lowest BCUT2D eigenvalue weighted by Crippen LogP contribution is -2.27. The summed E-state index contributed by atoms with van der Waals surface area (Å²) in [6.07, 6.45) is 0.698. The highest BCUT2D eigenvalue weighted by Gasteiger charge is 2.29. The third kappa shape index (κ3) is 3.33. The molecule has 3 nitrogen and oxygen atoms in total. The van der Waals surface area contributed by atoms with Gasteiger partial charge in [-0.1, -0.05) is 29.8 Å². The average molecular weight is 246 g/mol. The van der Waals surface area contributed by atoms with Crippen molar-refractivity contribution < 1.29 is 4.79 Å². The molecule has 1 aliphatic heterocycles. The summed E-state index contributed by atoms with van der Waals surface area (Å²) in [4.78, 5) is 16.1. The third-order valence-corrected chi connectivity index (χ3v) is 3.41. The Morgan fingerprint density at radius 1 is 1.28 bits per heavy atom. The van der Waals surface area contributed by atoms with Crippen LogP contribution in [-0.4, -0.2) is 42.9 Å². The Morgan fingerprint density at radius 3 is 2.56 bits per heavy atom. The van der Waals surface area contributed by atoms with Crippen molar-refractivity contribution in [1.82, 2.24) is 9.80 Å². The average Bonchev–Trinajstić information content (AvgIpc) is 2.61. The Morgan fingerprint density at radius 2 is 1.94 bits per heavy atom. The molecule has 0 N–H and O–H groups in total. The van der Waals surface area contributed by atoms with Gasteiger partial charge in [0.1, 0.15) is 0 Å². The summed E-state index contributed by atoms with van der Waals surface area (Å²) in [6, 6.07) is 8.43. The van der Waals surface area contributed by atoms with E-state index in [2.05, 4.69) is 50.2 Å². The third-order valence-electron chi connectivity index (χ3n) is 3.41. The Kier molecular flexibility index (Phi) is 4.02. The molecule has 1 atom stereocenters. The fourth-order valence-corrected chi connectivity index (χ4v) is 2.56. The van der Waals surface area contributed by atoms with Crippen LogP contribution >= 0.6 is 0 Å². The standard InChI is InChI=1S/C15H22N2O/c1-12-4-6-13(7-5-12)10-17-11-14(8-15(17)18)9-16(2)3/h4-7,14H,8-11H2,1-3H3. The second kappa shape index (κ2) is 5.53. The van der Waals surface area contributed by atoms with Gasteiger partial charge in [-0.3, -0.25) is 4.79 Å². The van der Waals surface area contributed by atoms with Crippen molar-refractivity contribution in [2.24, 2.45) is 5.92 Å². The molecule has 1 saturated heterocycles. The summed E-state index contributed by atoms with van der Waals surface area (Å²) in [5.41, 5.74) is 2.48. The van der Waals surface area contributed by atoms with Gasteiger partial charge in [-0.25, -0.2) is 0 Å². The zero-order valence-corrected chi connectivity index (χ0v) is 11.5. The molecule has 0 aliphatic carbocycles. The molecular weight excluding hydrogens is 224 g/mol. The van der Waals surface area contributed by atoms with Crippen LogP contribution in [0.4, 0.5) is 0 Å². The number of hydrogen-bond donors (Lipinski definition) is 0. The molecule has 0 bridgehead atoms. The number of carbonyl (C=O) groups excluding carboxylic acids is 1. The van der Waals surface area contributed by atoms with Crippen molar-refractivity contribution in [3.05, 3.63) is 35.4 Å². The van der Waals surface area contributed by atoms with E-state index in [0.29, 0.717) is 18.2 Å². The van der Waals surface area contributed by atoms with E-state index in [9.17, 15) is 4.79 Å². The van der Waals surface area contributed by atoms with Gasteiger partial charge in [0.25, 0.3) is 0 Å². The van der Waals surface area contributed by atoms with Crippen LogP contribution in [0.2, 0.25) is 0 Å². The van der Waals surface area contributed by atoms with Crippen LogP contribution in [-0.2, 0) is 11.3 Å². The minimum absolute atomic E-state index is 0.294. The minimum atomic E-state index is 0.294. The smallest absolute Gasteiger partial charge is 0.223 e. The second-order valence-electron chi connectivity index (χ2n) is 5.59. The Hall–Kier alpha value is -1.35. The molecule has 3 heteroatoms. The van der Waals surface area contributed by atoms with Gasteiger partial charge in [0, 0.05) is 26.1 Å². The maximum Gasteiger partial charge on any atom is 0.223 e. The van der Waals surface area contributed by atoms with E-state index in [0.717, 1.165) is 19.6 Å². The molecule has 1 amide bonds. The molecule has 2 rings (SSSR count). The first-order valence-corrected chi connectivity index (χ1v) is 6.52. The van der Waals surface area contributed by atoms with Crippen LogP contribution in [0.15, 0.2) is 24.3 Å². The zero-order valence-electron chi connectivity index (χ0n) is 11.5. The summed E-state index contributed by atoms with van der Waals surface area (Å²) in [5.74, 6) is 0.778. The van der Waals surface area contributed by atoms with Gasteiger partial charge in [-0.05, 0) is 32.5 Å². The Labute approximate surface area is 109 Å². The van der Waals surface area contributed by atoms with Crippen molar-refractivity contribution in [2.45, 2.75) is 19.9 Å². The second-order valence-corrected chi connectivity index (χ2v) is 5.59. The van der Waals surface area contributed by atoms with Crippen molar-refractivity contribution >= 4 is 5.91 Å². The van der Waals surface area contributed by atoms with Gasteiger partial charge in [-0.15, -0.1) is 0 Å². The number of likely N-dealkylation sites (tertiary alicyclic amines) is 1. The van der Waals surface area contributed by atoms with E-state index in [1.807, 2.05) is 4.90 Å². The molecule has 18 heavy (non-hydrogen) atoms. The molecular formula is C15H22N2O. The Balaban J connectivity index is 1.94. The predicted molar refractivity (Wildman–Crippen MR) is 73.3 cm³/mol. The molecule has 0 radical (unpaired) electrons. The molecule has 0 saturated carbocycles. The molecule has 1 fully saturated rings. The molecule has 1 aromatic carbocycles. The van der Waals surface area contributed by atoms with E-state index in [4.69, 9.17) is 0 Å². The van der Waals surface area contributed by atoms with Gasteiger partial charge in [-0.2, -0.15) is 0 Å². The lowest BCUT2D eigenvalue weighted by atomic mass is 10.1. The van der Waals surface area contributed by atoms with Crippen LogP contribution in [0.5, 0.6) is 0 Å². The molecule has 1 aliphatic rings. The van der Waals surface area contributed by atoms with Gasteiger partial charge in [0.15, 0.2) is 0 Å². The molecule has 1 heterocycles. The van der Waals surface area contributed by atoms with E-state index in [-0.39, 0.29) is 0 Å². The SMILES string of the molecule is Cc1ccc(CN2CC(CN(C)C)CC2=O)cc1. The first-order chi connectivity index (χ1) is 8.54. The minimum Gasteiger partial charge on any atom is -0.338 e. The first-order valence-electron chi connectivity index (χ1n) is 6.52. The van der Waals surface area contributed by atoms with Gasteiger partial charge in [0.05, 0.1) is 0 Å². The molecule has 0 aromatic heterocycles. The van der Waals surface area contributed by atoms with Gasteiger partial charge < -0.3 is 9.80 Å². The molecule has 0 spiro atoms. The summed E-state index contributed by atoms with van der Waals surface area (Å²) in [6.45, 7) is 4.72. The summed E-state index contributed by atoms with van der Waals surface area (Å²) < 4.78 is 0. The van der Waals surface area contributed by atoms with Crippen LogP contribution in [0.3, 0.4) is 0 Å². The first kappa shape index (κ1) is 13.1. The summed E-state index contributed by atoms with van der Waals surface area (Å²) >= 11 is 0. The van der Waals surface area contributed by atoms with E-state index in [1.54, 1.807) is 0 Å². The lowest BCUT2D eigenvalue weighted by molar-refractivity contribution is -0.128. The van der Waals surface area contributed by atoms with Crippen molar-refractivity contribution in [3.8, 4) is 0 Å². The number of hydrogen-bond acceptors (Lipinski definition) is 2. The quantitative estimate of drug-likeness (QED) is 0.810. The Bertz CT molecular complexity index is 411. The largest absolute Gasteiger partial charge is 0.338 e. The van der Waals surface area contributed by atoms with Crippen molar-refractivity contribution in [3.63, 3.8) is 0 Å². The van der Waals surface area contributed by atoms with E-state index >= 15 is 0 Å². The highest BCUT2D eigenvalue weighted by Crippen LogP contribution is 2.20. The van der Waals surface area contributed by atoms with Gasteiger partial charge >= 0.3 is 0 Å². The topological polar surface area (TPSA) is 23.6 Å². The van der Waals surface area contributed by atoms with Crippen LogP contribution in [0, 0.1) is 12.8 Å². The maximum atomic E-state index is 11.9. The number of aryl methyl sites for hydroxylation is 1. The molecule has 1 aromatic rings. The number of nitrogens with zero attached hydrogens (tertiary/aromatic N) is 2. The highest BCUT2D eigenvalue weighted by molar-refractivity contribution is 5.78. The van der Waals surface area contributed by atoms with Crippen LogP contribution < -0.4 is 0 Å². The van der Waals surface area contributed by atoms with Crippen molar-refractivity contribution in [1.29, 1.82) is 0 Å². The number of carbonyl (C=O) groups is 1. The fraction of sp³-hybridized carbons (Fsp3) is 0.533. The number of benzene rings is 1. The molecule has 98 valence electrons. The summed E-state index contributed by atoms with van der Waals surface area (Å²) in [7, 11) is 4.13.